The van der Waals surface area contributed by atoms with Gasteiger partial charge in [0.05, 0.1) is 18.5 Å². The van der Waals surface area contributed by atoms with E-state index < -0.39 is 6.09 Å². The number of nitrogens with zero attached hydrogens (tertiary/aromatic N) is 3. The molecule has 0 aliphatic heterocycles. The maximum atomic E-state index is 12.1. The minimum Gasteiger partial charge on any atom is -0.449 e. The Kier molecular flexibility index (Phi) is 4.87. The number of nitrogens with one attached hydrogen (secondary N) is 1. The van der Waals surface area contributed by atoms with Crippen molar-refractivity contribution < 1.29 is 9.53 Å². The van der Waals surface area contributed by atoms with Gasteiger partial charge < -0.3 is 4.74 Å². The molecule has 138 valence electrons. The predicted octanol–water partition coefficient (Wildman–Crippen LogP) is 4.50. The number of hydrogen-bond acceptors (Lipinski definition) is 4. The molecule has 0 bridgehead atoms. The molecule has 0 radical (unpaired) electrons. The average Bonchev–Trinajstić information content (AvgIpc) is 3.46. The van der Waals surface area contributed by atoms with Crippen LogP contribution in [0.15, 0.2) is 54.9 Å². The van der Waals surface area contributed by atoms with Gasteiger partial charge in [-0.3, -0.25) is 15.0 Å². The molecule has 6 heteroatoms. The molecule has 0 unspecified atom stereocenters. The Hall–Kier alpha value is -3.15. The lowest BCUT2D eigenvalue weighted by Gasteiger charge is -2.10. The van der Waals surface area contributed by atoms with E-state index in [1.54, 1.807) is 24.1 Å². The lowest BCUT2D eigenvalue weighted by atomic mass is 10.0. The van der Waals surface area contributed by atoms with E-state index >= 15 is 0 Å². The van der Waals surface area contributed by atoms with Gasteiger partial charge in [-0.25, -0.2) is 4.79 Å². The SMILES string of the molecule is Cn1ncc(-c2ccc(-c3ccccn3)cc2)c1NC(=O)OCCC1CC1. The summed E-state index contributed by atoms with van der Waals surface area (Å²) < 4.78 is 6.93. The number of carbonyl (C=O) groups is 1. The fourth-order valence-corrected chi connectivity index (χ4v) is 3.01. The number of hydrogen-bond donors (Lipinski definition) is 1. The standard InChI is InChI=1S/C21H22N4O2/c1-25-20(24-21(26)27-13-11-15-5-6-15)18(14-23-25)16-7-9-17(10-8-16)19-4-2-3-12-22-19/h2-4,7-10,12,14-15H,5-6,11,13H2,1H3,(H,24,26). The quantitative estimate of drug-likeness (QED) is 0.701. The van der Waals surface area contributed by atoms with E-state index in [1.165, 1.54) is 12.8 Å². The van der Waals surface area contributed by atoms with Crippen LogP contribution in [-0.4, -0.2) is 27.5 Å². The first-order valence-corrected chi connectivity index (χ1v) is 9.18. The summed E-state index contributed by atoms with van der Waals surface area (Å²) in [6, 6.07) is 13.9. The molecule has 0 saturated heterocycles. The van der Waals surface area contributed by atoms with Crippen molar-refractivity contribution in [3.05, 3.63) is 54.9 Å². The fraction of sp³-hybridized carbons (Fsp3) is 0.286. The highest BCUT2D eigenvalue weighted by molar-refractivity contribution is 5.90. The molecular formula is C21H22N4O2. The molecule has 6 nitrogen and oxygen atoms in total. The molecule has 1 aromatic carbocycles. The van der Waals surface area contributed by atoms with E-state index in [0.29, 0.717) is 12.4 Å². The molecule has 1 aliphatic rings. The summed E-state index contributed by atoms with van der Waals surface area (Å²) in [5.74, 6) is 1.36. The van der Waals surface area contributed by atoms with Crippen molar-refractivity contribution in [2.75, 3.05) is 11.9 Å². The van der Waals surface area contributed by atoms with Gasteiger partial charge in [0.1, 0.15) is 5.82 Å². The second-order valence-corrected chi connectivity index (χ2v) is 6.82. The van der Waals surface area contributed by atoms with Crippen LogP contribution in [0.5, 0.6) is 0 Å². The van der Waals surface area contributed by atoms with Gasteiger partial charge >= 0.3 is 6.09 Å². The zero-order valence-electron chi connectivity index (χ0n) is 15.3. The van der Waals surface area contributed by atoms with Gasteiger partial charge in [-0.1, -0.05) is 43.2 Å². The number of aryl methyl sites for hydroxylation is 1. The molecule has 3 aromatic rings. The first-order chi connectivity index (χ1) is 13.2. The second kappa shape index (κ2) is 7.61. The highest BCUT2D eigenvalue weighted by atomic mass is 16.5. The van der Waals surface area contributed by atoms with Crippen molar-refractivity contribution in [3.63, 3.8) is 0 Å². The van der Waals surface area contributed by atoms with Gasteiger partial charge in [-0.15, -0.1) is 0 Å². The van der Waals surface area contributed by atoms with Crippen LogP contribution in [0, 0.1) is 5.92 Å². The maximum Gasteiger partial charge on any atom is 0.412 e. The minimum atomic E-state index is -0.439. The zero-order chi connectivity index (χ0) is 18.6. The van der Waals surface area contributed by atoms with Crippen molar-refractivity contribution in [2.24, 2.45) is 13.0 Å². The van der Waals surface area contributed by atoms with Gasteiger partial charge in [0, 0.05) is 24.4 Å². The maximum absolute atomic E-state index is 12.1. The van der Waals surface area contributed by atoms with E-state index in [0.717, 1.165) is 34.7 Å². The Morgan fingerprint density at radius 3 is 2.67 bits per heavy atom. The molecule has 1 aliphatic carbocycles. The van der Waals surface area contributed by atoms with Crippen LogP contribution < -0.4 is 5.32 Å². The summed E-state index contributed by atoms with van der Waals surface area (Å²) in [6.07, 6.45) is 6.54. The first-order valence-electron chi connectivity index (χ1n) is 9.18. The van der Waals surface area contributed by atoms with Crippen molar-refractivity contribution in [2.45, 2.75) is 19.3 Å². The number of rotatable bonds is 6. The van der Waals surface area contributed by atoms with Crippen LogP contribution in [-0.2, 0) is 11.8 Å². The lowest BCUT2D eigenvalue weighted by Crippen LogP contribution is -2.17. The zero-order valence-corrected chi connectivity index (χ0v) is 15.3. The summed E-state index contributed by atoms with van der Waals surface area (Å²) >= 11 is 0. The highest BCUT2D eigenvalue weighted by Gasteiger charge is 2.21. The van der Waals surface area contributed by atoms with Crippen LogP contribution in [0.3, 0.4) is 0 Å². The monoisotopic (exact) mass is 362 g/mol. The summed E-state index contributed by atoms with van der Waals surface area (Å²) in [7, 11) is 1.80. The third kappa shape index (κ3) is 4.16. The van der Waals surface area contributed by atoms with Crippen molar-refractivity contribution in [3.8, 4) is 22.4 Å². The number of aromatic nitrogens is 3. The van der Waals surface area contributed by atoms with E-state index in [4.69, 9.17) is 4.74 Å². The number of anilines is 1. The number of benzene rings is 1. The number of carbonyl (C=O) groups excluding carboxylic acids is 1. The molecule has 0 spiro atoms. The summed E-state index contributed by atoms with van der Waals surface area (Å²) in [5.41, 5.74) is 3.78. The highest BCUT2D eigenvalue weighted by Crippen LogP contribution is 2.32. The Morgan fingerprint density at radius 1 is 1.19 bits per heavy atom. The van der Waals surface area contributed by atoms with Crippen molar-refractivity contribution >= 4 is 11.9 Å². The van der Waals surface area contributed by atoms with Crippen LogP contribution in [0.25, 0.3) is 22.4 Å². The fourth-order valence-electron chi connectivity index (χ4n) is 3.01. The summed E-state index contributed by atoms with van der Waals surface area (Å²) in [6.45, 7) is 0.461. The molecule has 1 saturated carbocycles. The third-order valence-corrected chi connectivity index (χ3v) is 4.77. The smallest absolute Gasteiger partial charge is 0.412 e. The van der Waals surface area contributed by atoms with Gasteiger partial charge in [0.25, 0.3) is 0 Å². The van der Waals surface area contributed by atoms with Gasteiger partial charge in [-0.2, -0.15) is 5.10 Å². The largest absolute Gasteiger partial charge is 0.449 e. The number of pyridine rings is 1. The normalized spacial score (nSPS) is 13.4. The van der Waals surface area contributed by atoms with E-state index in [1.807, 2.05) is 42.5 Å². The van der Waals surface area contributed by atoms with Crippen LogP contribution >= 0.6 is 0 Å². The van der Waals surface area contributed by atoms with Crippen LogP contribution in [0.1, 0.15) is 19.3 Å². The second-order valence-electron chi connectivity index (χ2n) is 6.82. The lowest BCUT2D eigenvalue weighted by molar-refractivity contribution is 0.158. The Morgan fingerprint density at radius 2 is 1.96 bits per heavy atom. The van der Waals surface area contributed by atoms with Gasteiger partial charge in [0.15, 0.2) is 0 Å². The van der Waals surface area contributed by atoms with Crippen molar-refractivity contribution in [1.29, 1.82) is 0 Å². The molecular weight excluding hydrogens is 340 g/mol. The van der Waals surface area contributed by atoms with E-state index in [9.17, 15) is 4.79 Å². The first kappa shape index (κ1) is 17.3. The van der Waals surface area contributed by atoms with E-state index in [2.05, 4.69) is 15.4 Å². The molecule has 1 amide bonds. The Labute approximate surface area is 158 Å². The Balaban J connectivity index is 1.48. The minimum absolute atomic E-state index is 0.439. The molecule has 2 heterocycles. The summed E-state index contributed by atoms with van der Waals surface area (Å²) in [5, 5.41) is 7.10. The average molecular weight is 362 g/mol. The molecule has 0 atom stereocenters. The van der Waals surface area contributed by atoms with Crippen LogP contribution in [0.4, 0.5) is 10.6 Å². The molecule has 4 rings (SSSR count). The van der Waals surface area contributed by atoms with E-state index in [-0.39, 0.29) is 0 Å². The topological polar surface area (TPSA) is 69.0 Å². The molecule has 1 fully saturated rings. The predicted molar refractivity (Wildman–Crippen MR) is 104 cm³/mol. The Bertz CT molecular complexity index is 915. The molecule has 1 N–H and O–H groups in total. The van der Waals surface area contributed by atoms with Crippen LogP contribution in [0.2, 0.25) is 0 Å². The van der Waals surface area contributed by atoms with Gasteiger partial charge in [0.2, 0.25) is 0 Å². The van der Waals surface area contributed by atoms with Crippen molar-refractivity contribution in [1.82, 2.24) is 14.8 Å². The number of ether oxygens (including phenoxy) is 1. The molecule has 2 aromatic heterocycles. The van der Waals surface area contributed by atoms with Gasteiger partial charge in [-0.05, 0) is 30.0 Å². The summed E-state index contributed by atoms with van der Waals surface area (Å²) in [4.78, 5) is 16.5. The third-order valence-electron chi connectivity index (χ3n) is 4.77. The number of amides is 1. The molecule has 27 heavy (non-hydrogen) atoms.